The zero-order chi connectivity index (χ0) is 15.7. The van der Waals surface area contributed by atoms with E-state index in [1.807, 2.05) is 6.92 Å². The third-order valence-electron chi connectivity index (χ3n) is 4.87. The van der Waals surface area contributed by atoms with E-state index in [1.165, 1.54) is 5.69 Å². The predicted molar refractivity (Wildman–Crippen MR) is 89.1 cm³/mol. The van der Waals surface area contributed by atoms with Crippen LogP contribution in [0.2, 0.25) is 0 Å². The molecule has 4 heteroatoms. The Bertz CT molecular complexity index is 552. The number of H-pyrrole nitrogens is 1. The van der Waals surface area contributed by atoms with Gasteiger partial charge in [-0.15, -0.1) is 0 Å². The third-order valence-corrected chi connectivity index (χ3v) is 5.27. The summed E-state index contributed by atoms with van der Waals surface area (Å²) in [6, 6.07) is 0. The maximum absolute atomic E-state index is 6.20. The van der Waals surface area contributed by atoms with Crippen LogP contribution >= 0.6 is 12.2 Å². The first kappa shape index (κ1) is 16.6. The minimum Gasteiger partial charge on any atom is -0.367 e. The van der Waals surface area contributed by atoms with E-state index in [4.69, 9.17) is 17.0 Å². The second-order valence-electron chi connectivity index (χ2n) is 6.94. The first-order valence-corrected chi connectivity index (χ1v) is 8.48. The molecule has 0 amide bonds. The Morgan fingerprint density at radius 1 is 1.19 bits per heavy atom. The largest absolute Gasteiger partial charge is 0.367 e. The highest BCUT2D eigenvalue weighted by Gasteiger charge is 2.42. The molecule has 118 valence electrons. The van der Waals surface area contributed by atoms with Crippen molar-refractivity contribution >= 4 is 12.2 Å². The van der Waals surface area contributed by atoms with Crippen molar-refractivity contribution in [2.45, 2.75) is 72.3 Å². The van der Waals surface area contributed by atoms with E-state index in [2.05, 4.69) is 37.7 Å². The van der Waals surface area contributed by atoms with E-state index in [1.54, 1.807) is 0 Å². The van der Waals surface area contributed by atoms with Crippen LogP contribution < -0.4 is 0 Å². The van der Waals surface area contributed by atoms with E-state index in [-0.39, 0.29) is 5.60 Å². The van der Waals surface area contributed by atoms with Crippen molar-refractivity contribution in [1.82, 2.24) is 9.97 Å². The number of aryl methyl sites for hydroxylation is 1. The van der Waals surface area contributed by atoms with Crippen molar-refractivity contribution in [3.63, 3.8) is 0 Å². The highest BCUT2D eigenvalue weighted by Crippen LogP contribution is 2.46. The summed E-state index contributed by atoms with van der Waals surface area (Å²) in [5, 5.41) is 0. The first-order valence-electron chi connectivity index (χ1n) is 8.08. The molecule has 0 aromatic carbocycles. The Kier molecular flexibility index (Phi) is 4.89. The summed E-state index contributed by atoms with van der Waals surface area (Å²) in [6.45, 7) is 11.6. The fourth-order valence-corrected chi connectivity index (χ4v) is 3.42. The highest BCUT2D eigenvalue weighted by molar-refractivity contribution is 7.71. The minimum atomic E-state index is -0.282. The Labute approximate surface area is 133 Å². The van der Waals surface area contributed by atoms with Gasteiger partial charge in [0.25, 0.3) is 0 Å². The van der Waals surface area contributed by atoms with E-state index < -0.39 is 0 Å². The molecule has 1 aromatic heterocycles. The highest BCUT2D eigenvalue weighted by atomic mass is 32.1. The van der Waals surface area contributed by atoms with Gasteiger partial charge >= 0.3 is 0 Å². The number of ether oxygens (including phenoxy) is 1. The van der Waals surface area contributed by atoms with Crippen LogP contribution in [0.4, 0.5) is 0 Å². The van der Waals surface area contributed by atoms with E-state index >= 15 is 0 Å². The normalized spacial score (nSPS) is 20.4. The summed E-state index contributed by atoms with van der Waals surface area (Å²) in [5.41, 5.74) is 2.40. The van der Waals surface area contributed by atoms with Crippen molar-refractivity contribution in [2.24, 2.45) is 5.41 Å². The molecule has 1 heterocycles. The quantitative estimate of drug-likeness (QED) is 0.809. The topological polar surface area (TPSA) is 37.9 Å². The van der Waals surface area contributed by atoms with Crippen LogP contribution in [0.3, 0.4) is 0 Å². The lowest BCUT2D eigenvalue weighted by Crippen LogP contribution is -2.39. The van der Waals surface area contributed by atoms with E-state index in [0.717, 1.165) is 43.5 Å². The van der Waals surface area contributed by atoms with Gasteiger partial charge in [-0.05, 0) is 51.4 Å². The fraction of sp³-hybridized carbons (Fsp3) is 0.765. The molecule has 0 radical (unpaired) electrons. The maximum atomic E-state index is 6.20. The molecule has 1 aliphatic rings. The van der Waals surface area contributed by atoms with Crippen molar-refractivity contribution in [2.75, 3.05) is 6.61 Å². The predicted octanol–water partition coefficient (Wildman–Crippen LogP) is 4.84. The molecule has 0 aliphatic heterocycles. The smallest absolute Gasteiger partial charge is 0.140 e. The summed E-state index contributed by atoms with van der Waals surface area (Å²) in [7, 11) is 0. The average molecular weight is 308 g/mol. The lowest BCUT2D eigenvalue weighted by atomic mass is 9.70. The van der Waals surface area contributed by atoms with Gasteiger partial charge in [0.15, 0.2) is 0 Å². The number of aromatic amines is 1. The summed E-state index contributed by atoms with van der Waals surface area (Å²) < 4.78 is 6.92. The van der Waals surface area contributed by atoms with Gasteiger partial charge in [0.05, 0.1) is 0 Å². The van der Waals surface area contributed by atoms with Gasteiger partial charge in [0.2, 0.25) is 0 Å². The van der Waals surface area contributed by atoms with Crippen LogP contribution in [-0.2, 0) is 16.8 Å². The molecule has 0 saturated heterocycles. The van der Waals surface area contributed by atoms with Gasteiger partial charge in [0, 0.05) is 17.9 Å². The second kappa shape index (κ2) is 6.17. The second-order valence-corrected chi connectivity index (χ2v) is 7.33. The maximum Gasteiger partial charge on any atom is 0.140 e. The molecule has 0 unspecified atom stereocenters. The van der Waals surface area contributed by atoms with Crippen molar-refractivity contribution in [3.05, 3.63) is 21.7 Å². The fourth-order valence-electron chi connectivity index (χ4n) is 3.20. The molecule has 0 atom stereocenters. The molecule has 1 aliphatic carbocycles. The molecule has 1 aromatic rings. The number of nitrogens with one attached hydrogen (secondary N) is 1. The van der Waals surface area contributed by atoms with Crippen LogP contribution in [0.1, 0.15) is 70.5 Å². The number of hydrogen-bond donors (Lipinski definition) is 1. The van der Waals surface area contributed by atoms with Crippen LogP contribution in [0.15, 0.2) is 0 Å². The number of nitrogens with zero attached hydrogens (tertiary/aromatic N) is 1. The van der Waals surface area contributed by atoms with Crippen LogP contribution in [0.25, 0.3) is 0 Å². The van der Waals surface area contributed by atoms with Crippen LogP contribution in [0, 0.1) is 17.0 Å². The minimum absolute atomic E-state index is 0.282. The van der Waals surface area contributed by atoms with Crippen molar-refractivity contribution in [1.29, 1.82) is 0 Å². The Morgan fingerprint density at radius 3 is 2.33 bits per heavy atom. The monoisotopic (exact) mass is 308 g/mol. The van der Waals surface area contributed by atoms with Gasteiger partial charge < -0.3 is 9.72 Å². The Hall–Kier alpha value is -0.740. The lowest BCUT2D eigenvalue weighted by Gasteiger charge is -2.42. The molecule has 1 fully saturated rings. The SMILES string of the molecule is CCOC1(c2nc(=S)c(C)c(CC)[nH]2)CCC(C)(C)CC1. The standard InChI is InChI=1S/C17H28N2OS/c1-6-13-12(3)14(21)19-15(18-13)17(20-7-2)10-8-16(4,5)9-11-17/h6-11H2,1-5H3,(H,18,19,21). The zero-order valence-corrected chi connectivity index (χ0v) is 14.8. The van der Waals surface area contributed by atoms with Crippen molar-refractivity contribution in [3.8, 4) is 0 Å². The summed E-state index contributed by atoms with van der Waals surface area (Å²) in [6.07, 6.45) is 5.28. The van der Waals surface area contributed by atoms with Gasteiger partial charge in [-0.2, -0.15) is 0 Å². The third kappa shape index (κ3) is 3.37. The molecule has 0 spiro atoms. The summed E-state index contributed by atoms with van der Waals surface area (Å²) in [5.74, 6) is 0.937. The average Bonchev–Trinajstić information content (AvgIpc) is 2.44. The number of hydrogen-bond acceptors (Lipinski definition) is 3. The lowest BCUT2D eigenvalue weighted by molar-refractivity contribution is -0.0949. The Morgan fingerprint density at radius 2 is 1.81 bits per heavy atom. The van der Waals surface area contributed by atoms with Crippen LogP contribution in [-0.4, -0.2) is 16.6 Å². The van der Waals surface area contributed by atoms with Crippen molar-refractivity contribution < 1.29 is 4.74 Å². The molecule has 0 bridgehead atoms. The van der Waals surface area contributed by atoms with E-state index in [0.29, 0.717) is 16.7 Å². The van der Waals surface area contributed by atoms with Gasteiger partial charge in [-0.3, -0.25) is 0 Å². The number of aromatic nitrogens is 2. The zero-order valence-electron chi connectivity index (χ0n) is 14.0. The molecule has 1 N–H and O–H groups in total. The molecular formula is C17H28N2OS. The molecule has 21 heavy (non-hydrogen) atoms. The Balaban J connectivity index is 2.44. The first-order chi connectivity index (χ1) is 9.83. The molecule has 3 nitrogen and oxygen atoms in total. The summed E-state index contributed by atoms with van der Waals surface area (Å²) in [4.78, 5) is 8.20. The summed E-state index contributed by atoms with van der Waals surface area (Å²) >= 11 is 5.46. The van der Waals surface area contributed by atoms with Gasteiger partial charge in [0.1, 0.15) is 16.1 Å². The molecular weight excluding hydrogens is 280 g/mol. The van der Waals surface area contributed by atoms with Gasteiger partial charge in [-0.1, -0.05) is 33.0 Å². The molecule has 1 saturated carbocycles. The van der Waals surface area contributed by atoms with E-state index in [9.17, 15) is 0 Å². The van der Waals surface area contributed by atoms with Gasteiger partial charge in [-0.25, -0.2) is 4.98 Å². The number of rotatable bonds is 4. The van der Waals surface area contributed by atoms with Crippen LogP contribution in [0.5, 0.6) is 0 Å². The molecule has 2 rings (SSSR count).